The van der Waals surface area contributed by atoms with Crippen molar-refractivity contribution in [2.75, 3.05) is 13.6 Å². The molecule has 2 aliphatic heterocycles. The van der Waals surface area contributed by atoms with Crippen LogP contribution in [-0.4, -0.2) is 30.6 Å². The molecule has 2 fully saturated rings. The van der Waals surface area contributed by atoms with Gasteiger partial charge in [-0.05, 0) is 70.2 Å². The molecule has 3 rings (SSSR count). The smallest absolute Gasteiger partial charge is 0.0208 e. The van der Waals surface area contributed by atoms with Crippen LogP contribution < -0.4 is 5.32 Å². The van der Waals surface area contributed by atoms with E-state index in [2.05, 4.69) is 49.3 Å². The molecule has 0 spiro atoms. The Morgan fingerprint density at radius 3 is 2.50 bits per heavy atom. The van der Waals surface area contributed by atoms with Crippen LogP contribution in [0.4, 0.5) is 0 Å². The monoisotopic (exact) mass is 272 g/mol. The Morgan fingerprint density at radius 1 is 1.15 bits per heavy atom. The molecule has 2 atom stereocenters. The Morgan fingerprint density at radius 2 is 1.85 bits per heavy atom. The Hall–Kier alpha value is -0.860. The van der Waals surface area contributed by atoms with Crippen molar-refractivity contribution in [2.24, 2.45) is 5.92 Å². The van der Waals surface area contributed by atoms with E-state index in [0.29, 0.717) is 0 Å². The molecule has 2 unspecified atom stereocenters. The van der Waals surface area contributed by atoms with Crippen LogP contribution in [0.2, 0.25) is 0 Å². The number of fused-ring (bicyclic) bond motifs is 2. The molecule has 0 aromatic heterocycles. The highest BCUT2D eigenvalue weighted by Crippen LogP contribution is 2.37. The fourth-order valence-corrected chi connectivity index (χ4v) is 4.15. The van der Waals surface area contributed by atoms with Gasteiger partial charge in [-0.15, -0.1) is 0 Å². The molecule has 2 saturated heterocycles. The number of benzene rings is 1. The third-order valence-corrected chi connectivity index (χ3v) is 5.44. The molecular weight excluding hydrogens is 244 g/mol. The van der Waals surface area contributed by atoms with Crippen LogP contribution in [0.25, 0.3) is 0 Å². The summed E-state index contributed by atoms with van der Waals surface area (Å²) in [6, 6.07) is 8.51. The molecular formula is C18H28N2. The summed E-state index contributed by atoms with van der Waals surface area (Å²) in [7, 11) is 2.32. The zero-order valence-corrected chi connectivity index (χ0v) is 13.2. The van der Waals surface area contributed by atoms with Gasteiger partial charge in [-0.2, -0.15) is 0 Å². The summed E-state index contributed by atoms with van der Waals surface area (Å²) in [5.41, 5.74) is 4.23. The second-order valence-corrected chi connectivity index (χ2v) is 6.95. The first-order chi connectivity index (χ1) is 9.63. The maximum atomic E-state index is 3.70. The van der Waals surface area contributed by atoms with Crippen LogP contribution in [0.3, 0.4) is 0 Å². The van der Waals surface area contributed by atoms with Crippen LogP contribution >= 0.6 is 0 Å². The van der Waals surface area contributed by atoms with Crippen molar-refractivity contribution in [3.8, 4) is 0 Å². The van der Waals surface area contributed by atoms with Gasteiger partial charge < -0.3 is 10.2 Å². The summed E-state index contributed by atoms with van der Waals surface area (Å²) in [5, 5.41) is 3.70. The Balaban J connectivity index is 1.49. The van der Waals surface area contributed by atoms with Crippen molar-refractivity contribution < 1.29 is 0 Å². The number of piperidine rings is 1. The van der Waals surface area contributed by atoms with Gasteiger partial charge in [0.1, 0.15) is 0 Å². The fraction of sp³-hybridized carbons (Fsp3) is 0.667. The second-order valence-electron chi connectivity index (χ2n) is 6.95. The lowest BCUT2D eigenvalue weighted by atomic mass is 9.91. The van der Waals surface area contributed by atoms with Crippen LogP contribution in [0.5, 0.6) is 0 Å². The van der Waals surface area contributed by atoms with Gasteiger partial charge in [0.15, 0.2) is 0 Å². The molecule has 0 saturated carbocycles. The molecule has 2 heteroatoms. The van der Waals surface area contributed by atoms with Crippen LogP contribution in [0, 0.1) is 19.8 Å². The first-order valence-corrected chi connectivity index (χ1v) is 8.12. The standard InChI is InChI=1S/C18H28N2/c1-13-4-5-16(14(2)8-13)12-19-11-15-9-17-6-7-18(10-15)20(17)3/h4-5,8,15,17-19H,6-7,9-12H2,1-3H3. The molecule has 1 aromatic rings. The van der Waals surface area contributed by atoms with Gasteiger partial charge in [0.2, 0.25) is 0 Å². The highest BCUT2D eigenvalue weighted by Gasteiger charge is 2.37. The predicted octanol–water partition coefficient (Wildman–Crippen LogP) is 3.27. The van der Waals surface area contributed by atoms with Gasteiger partial charge in [-0.3, -0.25) is 0 Å². The van der Waals surface area contributed by atoms with E-state index < -0.39 is 0 Å². The minimum Gasteiger partial charge on any atom is -0.312 e. The minimum atomic E-state index is 0.863. The second kappa shape index (κ2) is 5.87. The molecule has 2 aliphatic rings. The van der Waals surface area contributed by atoms with Gasteiger partial charge in [-0.25, -0.2) is 0 Å². The number of hydrogen-bond acceptors (Lipinski definition) is 2. The molecule has 0 aliphatic carbocycles. The minimum absolute atomic E-state index is 0.863. The molecule has 2 bridgehead atoms. The summed E-state index contributed by atoms with van der Waals surface area (Å²) in [4.78, 5) is 2.63. The van der Waals surface area contributed by atoms with E-state index in [1.807, 2.05) is 0 Å². The fourth-order valence-electron chi connectivity index (χ4n) is 4.15. The summed E-state index contributed by atoms with van der Waals surface area (Å²) in [6.45, 7) is 6.60. The Bertz CT molecular complexity index is 454. The van der Waals surface area contributed by atoms with E-state index in [0.717, 1.165) is 24.5 Å². The third-order valence-electron chi connectivity index (χ3n) is 5.44. The van der Waals surface area contributed by atoms with Crippen LogP contribution in [0.1, 0.15) is 42.4 Å². The molecule has 0 amide bonds. The molecule has 1 N–H and O–H groups in total. The molecule has 1 aromatic carbocycles. The maximum Gasteiger partial charge on any atom is 0.0208 e. The Labute approximate surface area is 123 Å². The lowest BCUT2D eigenvalue weighted by molar-refractivity contribution is 0.133. The summed E-state index contributed by atoms with van der Waals surface area (Å²) >= 11 is 0. The predicted molar refractivity (Wildman–Crippen MR) is 84.9 cm³/mol. The van der Waals surface area contributed by atoms with Crippen LogP contribution in [-0.2, 0) is 6.54 Å². The first kappa shape index (κ1) is 14.1. The van der Waals surface area contributed by atoms with Crippen molar-refractivity contribution in [3.63, 3.8) is 0 Å². The molecule has 20 heavy (non-hydrogen) atoms. The van der Waals surface area contributed by atoms with Gasteiger partial charge in [0.05, 0.1) is 0 Å². The lowest BCUT2D eigenvalue weighted by Gasteiger charge is -2.36. The van der Waals surface area contributed by atoms with Crippen LogP contribution in [0.15, 0.2) is 18.2 Å². The van der Waals surface area contributed by atoms with Gasteiger partial charge in [0.25, 0.3) is 0 Å². The third kappa shape index (κ3) is 2.91. The maximum absolute atomic E-state index is 3.70. The number of aryl methyl sites for hydroxylation is 2. The van der Waals surface area contributed by atoms with Crippen molar-refractivity contribution in [1.82, 2.24) is 10.2 Å². The van der Waals surface area contributed by atoms with Crippen molar-refractivity contribution in [1.29, 1.82) is 0 Å². The van der Waals surface area contributed by atoms with Crippen molar-refractivity contribution in [2.45, 2.75) is 58.2 Å². The zero-order chi connectivity index (χ0) is 14.1. The Kier molecular flexibility index (Phi) is 4.13. The highest BCUT2D eigenvalue weighted by atomic mass is 15.2. The van der Waals surface area contributed by atoms with E-state index in [9.17, 15) is 0 Å². The average molecular weight is 272 g/mol. The van der Waals surface area contributed by atoms with E-state index in [1.165, 1.54) is 48.9 Å². The van der Waals surface area contributed by atoms with Gasteiger partial charge >= 0.3 is 0 Å². The normalized spacial score (nSPS) is 29.9. The lowest BCUT2D eigenvalue weighted by Crippen LogP contribution is -2.42. The average Bonchev–Trinajstić information content (AvgIpc) is 2.64. The van der Waals surface area contributed by atoms with E-state index in [-0.39, 0.29) is 0 Å². The summed E-state index contributed by atoms with van der Waals surface area (Å²) < 4.78 is 0. The summed E-state index contributed by atoms with van der Waals surface area (Å²) in [6.07, 6.45) is 5.64. The highest BCUT2D eigenvalue weighted by molar-refractivity contribution is 5.30. The van der Waals surface area contributed by atoms with Crippen molar-refractivity contribution in [3.05, 3.63) is 34.9 Å². The van der Waals surface area contributed by atoms with Gasteiger partial charge in [-0.1, -0.05) is 23.8 Å². The molecule has 2 nitrogen and oxygen atoms in total. The molecule has 0 radical (unpaired) electrons. The first-order valence-electron chi connectivity index (χ1n) is 8.12. The van der Waals surface area contributed by atoms with Gasteiger partial charge in [0, 0.05) is 18.6 Å². The molecule has 2 heterocycles. The number of nitrogens with one attached hydrogen (secondary N) is 1. The summed E-state index contributed by atoms with van der Waals surface area (Å²) in [5.74, 6) is 0.884. The van der Waals surface area contributed by atoms with E-state index in [4.69, 9.17) is 0 Å². The number of hydrogen-bond donors (Lipinski definition) is 1. The topological polar surface area (TPSA) is 15.3 Å². The quantitative estimate of drug-likeness (QED) is 0.905. The van der Waals surface area contributed by atoms with Crippen molar-refractivity contribution >= 4 is 0 Å². The van der Waals surface area contributed by atoms with E-state index >= 15 is 0 Å². The number of nitrogens with zero attached hydrogens (tertiary/aromatic N) is 1. The molecule has 110 valence electrons. The SMILES string of the molecule is Cc1ccc(CNCC2CC3CCC(C2)N3C)c(C)c1. The van der Waals surface area contributed by atoms with E-state index in [1.54, 1.807) is 0 Å². The number of rotatable bonds is 4. The largest absolute Gasteiger partial charge is 0.312 e. The zero-order valence-electron chi connectivity index (χ0n) is 13.2.